The molecule has 1 aromatic carbocycles. The predicted octanol–water partition coefficient (Wildman–Crippen LogP) is 0.526. The van der Waals surface area contributed by atoms with Gasteiger partial charge in [0.2, 0.25) is 26.0 Å². The molecular formula is C13H16N2O5S2. The molecule has 1 N–H and O–H groups in total. The molecule has 1 aromatic rings. The number of nitrogens with zero attached hydrogens (tertiary/aromatic N) is 1. The van der Waals surface area contributed by atoms with Crippen LogP contribution in [0.15, 0.2) is 35.7 Å². The first-order valence-electron chi connectivity index (χ1n) is 6.46. The fourth-order valence-corrected chi connectivity index (χ4v) is 4.85. The van der Waals surface area contributed by atoms with Crippen molar-refractivity contribution in [2.24, 2.45) is 0 Å². The molecule has 0 aliphatic carbocycles. The van der Waals surface area contributed by atoms with Crippen LogP contribution < -0.4 is 9.03 Å². The third-order valence-corrected chi connectivity index (χ3v) is 6.45. The van der Waals surface area contributed by atoms with E-state index in [1.54, 1.807) is 6.92 Å². The molecule has 22 heavy (non-hydrogen) atoms. The van der Waals surface area contributed by atoms with Gasteiger partial charge in [-0.15, -0.1) is 6.58 Å². The van der Waals surface area contributed by atoms with Gasteiger partial charge in [0, 0.05) is 13.0 Å². The summed E-state index contributed by atoms with van der Waals surface area (Å²) >= 11 is 0. The Morgan fingerprint density at radius 2 is 2.09 bits per heavy atom. The molecule has 0 unspecified atom stereocenters. The smallest absolute Gasteiger partial charge is 0.242 e. The Labute approximate surface area is 129 Å². The topological polar surface area (TPSA) is 101 Å². The molecule has 0 aromatic heterocycles. The van der Waals surface area contributed by atoms with Gasteiger partial charge in [0.25, 0.3) is 0 Å². The Morgan fingerprint density at radius 3 is 2.59 bits per heavy atom. The molecule has 1 amide bonds. The second kappa shape index (κ2) is 5.82. The van der Waals surface area contributed by atoms with Gasteiger partial charge in [-0.3, -0.25) is 4.79 Å². The highest BCUT2D eigenvalue weighted by atomic mass is 32.2. The van der Waals surface area contributed by atoms with Gasteiger partial charge in [-0.2, -0.15) is 0 Å². The summed E-state index contributed by atoms with van der Waals surface area (Å²) in [4.78, 5) is 11.8. The van der Waals surface area contributed by atoms with E-state index < -0.39 is 26.0 Å². The van der Waals surface area contributed by atoms with Crippen molar-refractivity contribution in [3.8, 4) is 0 Å². The van der Waals surface area contributed by atoms with Crippen molar-refractivity contribution in [2.45, 2.75) is 18.2 Å². The minimum atomic E-state index is -3.71. The summed E-state index contributed by atoms with van der Waals surface area (Å²) in [5, 5.41) is 0. The summed E-state index contributed by atoms with van der Waals surface area (Å²) in [6.45, 7) is 5.06. The lowest BCUT2D eigenvalue weighted by Crippen LogP contribution is -2.29. The number of aryl methyl sites for hydroxylation is 1. The maximum Gasteiger partial charge on any atom is 0.242 e. The van der Waals surface area contributed by atoms with Crippen LogP contribution >= 0.6 is 0 Å². The van der Waals surface area contributed by atoms with Crippen LogP contribution in [-0.4, -0.2) is 35.0 Å². The van der Waals surface area contributed by atoms with Gasteiger partial charge >= 0.3 is 0 Å². The lowest BCUT2D eigenvalue weighted by atomic mass is 10.2. The quantitative estimate of drug-likeness (QED) is 0.785. The first-order valence-corrected chi connectivity index (χ1v) is 9.55. The monoisotopic (exact) mass is 344 g/mol. The Bertz CT molecular complexity index is 828. The number of carbonyl (C=O) groups excluding carboxylic acids is 1. The van der Waals surface area contributed by atoms with Gasteiger partial charge in [0.05, 0.1) is 16.3 Å². The third-order valence-electron chi connectivity index (χ3n) is 3.18. The number of benzene rings is 1. The Kier molecular flexibility index (Phi) is 4.41. The molecule has 0 atom stereocenters. The average Bonchev–Trinajstić information content (AvgIpc) is 2.70. The number of hydrogen-bond acceptors (Lipinski definition) is 5. The molecule has 1 aliphatic rings. The lowest BCUT2D eigenvalue weighted by Gasteiger charge is -2.17. The van der Waals surface area contributed by atoms with E-state index in [0.717, 1.165) is 4.31 Å². The van der Waals surface area contributed by atoms with Gasteiger partial charge in [-0.1, -0.05) is 6.08 Å². The summed E-state index contributed by atoms with van der Waals surface area (Å²) in [6, 6.07) is 3.98. The van der Waals surface area contributed by atoms with Crippen LogP contribution in [0, 0.1) is 6.92 Å². The number of amides is 1. The highest BCUT2D eigenvalue weighted by molar-refractivity contribution is 7.94. The van der Waals surface area contributed by atoms with Crippen molar-refractivity contribution in [3.63, 3.8) is 0 Å². The van der Waals surface area contributed by atoms with Gasteiger partial charge in [-0.25, -0.2) is 25.9 Å². The zero-order valence-corrected chi connectivity index (χ0v) is 13.6. The predicted molar refractivity (Wildman–Crippen MR) is 82.5 cm³/mol. The van der Waals surface area contributed by atoms with Crippen LogP contribution in [-0.2, 0) is 24.8 Å². The zero-order valence-electron chi connectivity index (χ0n) is 11.9. The van der Waals surface area contributed by atoms with Crippen LogP contribution in [0.25, 0.3) is 0 Å². The maximum atomic E-state index is 12.1. The van der Waals surface area contributed by atoms with Crippen molar-refractivity contribution >= 4 is 31.6 Å². The molecule has 9 heteroatoms. The molecule has 0 radical (unpaired) electrons. The summed E-state index contributed by atoms with van der Waals surface area (Å²) in [6.07, 6.45) is 1.35. The number of nitrogens with one attached hydrogen (secondary N) is 1. The van der Waals surface area contributed by atoms with Crippen molar-refractivity contribution in [3.05, 3.63) is 36.4 Å². The minimum Gasteiger partial charge on any atom is -0.273 e. The van der Waals surface area contributed by atoms with Gasteiger partial charge in [0.1, 0.15) is 0 Å². The van der Waals surface area contributed by atoms with E-state index in [-0.39, 0.29) is 29.3 Å². The van der Waals surface area contributed by atoms with Crippen molar-refractivity contribution in [1.29, 1.82) is 0 Å². The Morgan fingerprint density at radius 1 is 1.41 bits per heavy atom. The van der Waals surface area contributed by atoms with Crippen LogP contribution in [0.4, 0.5) is 5.69 Å². The number of hydrogen-bond donors (Lipinski definition) is 1. The Balaban J connectivity index is 2.43. The number of sulfonamides is 2. The maximum absolute atomic E-state index is 12.1. The van der Waals surface area contributed by atoms with Crippen molar-refractivity contribution < 1.29 is 21.6 Å². The van der Waals surface area contributed by atoms with Crippen LogP contribution in [0.3, 0.4) is 0 Å². The summed E-state index contributed by atoms with van der Waals surface area (Å²) in [5.41, 5.74) is 0.506. The first kappa shape index (κ1) is 16.7. The number of carbonyl (C=O) groups is 1. The van der Waals surface area contributed by atoms with E-state index in [9.17, 15) is 21.6 Å². The molecule has 7 nitrogen and oxygen atoms in total. The highest BCUT2D eigenvalue weighted by Crippen LogP contribution is 2.28. The molecule has 1 heterocycles. The first-order chi connectivity index (χ1) is 10.2. The van der Waals surface area contributed by atoms with E-state index in [4.69, 9.17) is 0 Å². The molecule has 1 saturated heterocycles. The minimum absolute atomic E-state index is 0.0298. The molecule has 2 rings (SSSR count). The largest absolute Gasteiger partial charge is 0.273 e. The standard InChI is InChI=1S/C13H16N2O5S2/c1-3-7-14-22(19,20)12-5-4-11(9-10(12)2)15-13(16)6-8-21(15,17)18/h3-5,9,14H,1,6-8H2,2H3. The third kappa shape index (κ3) is 3.06. The van der Waals surface area contributed by atoms with Crippen molar-refractivity contribution in [2.75, 3.05) is 16.6 Å². The normalized spacial score (nSPS) is 17.7. The molecule has 1 aliphatic heterocycles. The summed E-state index contributed by atoms with van der Waals surface area (Å²) < 4.78 is 51.0. The molecule has 1 fully saturated rings. The zero-order chi connectivity index (χ0) is 16.5. The van der Waals surface area contributed by atoms with E-state index in [0.29, 0.717) is 5.56 Å². The lowest BCUT2D eigenvalue weighted by molar-refractivity contribution is -0.116. The number of rotatable bonds is 5. The second-order valence-corrected chi connectivity index (χ2v) is 8.49. The second-order valence-electron chi connectivity index (χ2n) is 4.81. The van der Waals surface area contributed by atoms with Crippen LogP contribution in [0.2, 0.25) is 0 Å². The van der Waals surface area contributed by atoms with Crippen molar-refractivity contribution in [1.82, 2.24) is 4.72 Å². The molecule has 0 spiro atoms. The van der Waals surface area contributed by atoms with E-state index in [1.807, 2.05) is 0 Å². The molecule has 120 valence electrons. The highest BCUT2D eigenvalue weighted by Gasteiger charge is 2.36. The SMILES string of the molecule is C=CCNS(=O)(=O)c1ccc(N2C(=O)CCS2(=O)=O)cc1C. The molecule has 0 saturated carbocycles. The summed E-state index contributed by atoms with van der Waals surface area (Å²) in [5.74, 6) is -0.744. The van der Waals surface area contributed by atoms with E-state index >= 15 is 0 Å². The fraction of sp³-hybridized carbons (Fsp3) is 0.308. The Hall–Kier alpha value is -1.71. The van der Waals surface area contributed by atoms with E-state index in [2.05, 4.69) is 11.3 Å². The van der Waals surface area contributed by atoms with E-state index in [1.165, 1.54) is 24.3 Å². The number of anilines is 1. The van der Waals surface area contributed by atoms with Crippen LogP contribution in [0.5, 0.6) is 0 Å². The molecule has 0 bridgehead atoms. The molecular weight excluding hydrogens is 328 g/mol. The fourth-order valence-electron chi connectivity index (χ4n) is 2.18. The van der Waals surface area contributed by atoms with Gasteiger partial charge in [0.15, 0.2) is 0 Å². The van der Waals surface area contributed by atoms with Crippen LogP contribution in [0.1, 0.15) is 12.0 Å². The van der Waals surface area contributed by atoms with Gasteiger partial charge in [-0.05, 0) is 30.7 Å². The summed E-state index contributed by atoms with van der Waals surface area (Å²) in [7, 11) is -7.37. The average molecular weight is 344 g/mol. The van der Waals surface area contributed by atoms with Gasteiger partial charge < -0.3 is 0 Å².